The molecule has 6 nitrogen and oxygen atoms in total. The van der Waals surface area contributed by atoms with Gasteiger partial charge in [0.1, 0.15) is 5.76 Å². The zero-order valence-electron chi connectivity index (χ0n) is 17.9. The van der Waals surface area contributed by atoms with Gasteiger partial charge in [0.05, 0.1) is 25.6 Å². The van der Waals surface area contributed by atoms with Crippen molar-refractivity contribution < 1.29 is 13.9 Å². The lowest BCUT2D eigenvalue weighted by atomic mass is 9.76. The molecule has 0 amide bonds. The van der Waals surface area contributed by atoms with Gasteiger partial charge in [-0.05, 0) is 56.2 Å². The third-order valence-electron chi connectivity index (χ3n) is 6.56. The maximum atomic E-state index is 6.19. The SMILES string of the molecule is COCC1=CC=CC(c2oc(C)nc2CN2CCCC3(CCNCC3)COC2)C1. The van der Waals surface area contributed by atoms with Crippen LogP contribution in [0.4, 0.5) is 0 Å². The first-order valence-electron chi connectivity index (χ1n) is 11.0. The highest BCUT2D eigenvalue weighted by Gasteiger charge is 2.33. The molecule has 29 heavy (non-hydrogen) atoms. The van der Waals surface area contributed by atoms with Crippen molar-refractivity contribution in [3.63, 3.8) is 0 Å². The Balaban J connectivity index is 1.39. The number of nitrogens with one attached hydrogen (secondary N) is 1. The van der Waals surface area contributed by atoms with Crippen molar-refractivity contribution in [2.24, 2.45) is 5.41 Å². The second kappa shape index (κ2) is 9.56. The normalized spacial score (nSPS) is 25.6. The number of hydrogen-bond acceptors (Lipinski definition) is 6. The van der Waals surface area contributed by atoms with Gasteiger partial charge in [0, 0.05) is 33.0 Å². The Morgan fingerprint density at radius 3 is 3.00 bits per heavy atom. The van der Waals surface area contributed by atoms with Gasteiger partial charge in [0.2, 0.25) is 0 Å². The molecule has 1 aromatic heterocycles. The fraction of sp³-hybridized carbons (Fsp3) is 0.696. The monoisotopic (exact) mass is 401 g/mol. The number of hydrogen-bond donors (Lipinski definition) is 1. The van der Waals surface area contributed by atoms with E-state index < -0.39 is 0 Å². The minimum absolute atomic E-state index is 0.232. The zero-order valence-corrected chi connectivity index (χ0v) is 17.9. The molecule has 4 rings (SSSR count). The molecule has 0 radical (unpaired) electrons. The van der Waals surface area contributed by atoms with E-state index in [4.69, 9.17) is 18.9 Å². The van der Waals surface area contributed by atoms with Gasteiger partial charge in [-0.25, -0.2) is 4.98 Å². The Kier molecular flexibility index (Phi) is 6.85. The summed E-state index contributed by atoms with van der Waals surface area (Å²) in [6, 6.07) is 0. The average Bonchev–Trinajstić information content (AvgIpc) is 3.08. The van der Waals surface area contributed by atoms with Crippen LogP contribution in [-0.4, -0.2) is 56.6 Å². The number of aryl methyl sites for hydroxylation is 1. The highest BCUT2D eigenvalue weighted by Crippen LogP contribution is 2.36. The number of piperidine rings is 1. The number of methoxy groups -OCH3 is 1. The summed E-state index contributed by atoms with van der Waals surface area (Å²) in [5.41, 5.74) is 2.74. The molecule has 0 saturated carbocycles. The van der Waals surface area contributed by atoms with Crippen LogP contribution in [0, 0.1) is 12.3 Å². The van der Waals surface area contributed by atoms with Gasteiger partial charge in [-0.15, -0.1) is 0 Å². The Morgan fingerprint density at radius 2 is 2.17 bits per heavy atom. The fourth-order valence-corrected chi connectivity index (χ4v) is 5.00. The van der Waals surface area contributed by atoms with E-state index in [-0.39, 0.29) is 5.92 Å². The Labute approximate surface area is 174 Å². The van der Waals surface area contributed by atoms with Crippen molar-refractivity contribution >= 4 is 0 Å². The molecular formula is C23H35N3O3. The fourth-order valence-electron chi connectivity index (χ4n) is 5.00. The Hall–Kier alpha value is -1.47. The van der Waals surface area contributed by atoms with Crippen LogP contribution >= 0.6 is 0 Å². The number of rotatable bonds is 5. The number of ether oxygens (including phenoxy) is 2. The van der Waals surface area contributed by atoms with E-state index in [9.17, 15) is 0 Å². The van der Waals surface area contributed by atoms with Crippen molar-refractivity contribution in [3.05, 3.63) is 41.1 Å². The van der Waals surface area contributed by atoms with E-state index in [0.29, 0.717) is 18.8 Å². The summed E-state index contributed by atoms with van der Waals surface area (Å²) in [5, 5.41) is 3.48. The average molecular weight is 402 g/mol. The lowest BCUT2D eigenvalue weighted by Crippen LogP contribution is -2.43. The summed E-state index contributed by atoms with van der Waals surface area (Å²) in [5.74, 6) is 1.97. The van der Waals surface area contributed by atoms with Crippen LogP contribution in [0.3, 0.4) is 0 Å². The lowest BCUT2D eigenvalue weighted by Gasteiger charge is -2.40. The summed E-state index contributed by atoms with van der Waals surface area (Å²) in [7, 11) is 1.74. The predicted octanol–water partition coefficient (Wildman–Crippen LogP) is 3.54. The van der Waals surface area contributed by atoms with Crippen LogP contribution in [0.2, 0.25) is 0 Å². The van der Waals surface area contributed by atoms with Crippen LogP contribution in [0.5, 0.6) is 0 Å². The molecule has 1 N–H and O–H groups in total. The summed E-state index contributed by atoms with van der Waals surface area (Å²) in [4.78, 5) is 7.11. The quantitative estimate of drug-likeness (QED) is 0.814. The van der Waals surface area contributed by atoms with Crippen molar-refractivity contribution in [1.82, 2.24) is 15.2 Å². The standard InChI is InChI=1S/C23H35N3O3/c1-18-25-21(22(29-18)20-6-3-5-19(13-20)15-27-2)14-26-12-4-7-23(16-28-17-26)8-10-24-11-9-23/h3,5-6,20,24H,4,7-17H2,1-2H3. The summed E-state index contributed by atoms with van der Waals surface area (Å²) >= 11 is 0. The third-order valence-corrected chi connectivity index (χ3v) is 6.56. The lowest BCUT2D eigenvalue weighted by molar-refractivity contribution is -0.0548. The molecule has 2 fully saturated rings. The first-order valence-corrected chi connectivity index (χ1v) is 11.0. The van der Waals surface area contributed by atoms with E-state index >= 15 is 0 Å². The molecule has 2 saturated heterocycles. The molecule has 160 valence electrons. The summed E-state index contributed by atoms with van der Waals surface area (Å²) < 4.78 is 17.6. The van der Waals surface area contributed by atoms with E-state index in [1.165, 1.54) is 31.3 Å². The Morgan fingerprint density at radius 1 is 1.31 bits per heavy atom. The molecule has 0 bridgehead atoms. The van der Waals surface area contributed by atoms with Crippen LogP contribution in [0.1, 0.15) is 55.4 Å². The number of oxazole rings is 1. The van der Waals surface area contributed by atoms with E-state index in [2.05, 4.69) is 28.4 Å². The van der Waals surface area contributed by atoms with Crippen molar-refractivity contribution in [1.29, 1.82) is 0 Å². The first kappa shape index (κ1) is 20.8. The summed E-state index contributed by atoms with van der Waals surface area (Å²) in [6.07, 6.45) is 12.4. The van der Waals surface area contributed by atoms with Gasteiger partial charge in [-0.3, -0.25) is 4.90 Å². The van der Waals surface area contributed by atoms with Crippen molar-refractivity contribution in [2.75, 3.05) is 46.7 Å². The first-order chi connectivity index (χ1) is 14.2. The van der Waals surface area contributed by atoms with E-state index in [0.717, 1.165) is 56.6 Å². The minimum atomic E-state index is 0.232. The van der Waals surface area contributed by atoms with Gasteiger partial charge >= 0.3 is 0 Å². The maximum Gasteiger partial charge on any atom is 0.191 e. The Bertz CT molecular complexity index is 722. The molecule has 3 heterocycles. The largest absolute Gasteiger partial charge is 0.445 e. The maximum absolute atomic E-state index is 6.19. The van der Waals surface area contributed by atoms with Gasteiger partial charge in [0.15, 0.2) is 5.89 Å². The minimum Gasteiger partial charge on any atom is -0.445 e. The van der Waals surface area contributed by atoms with Crippen molar-refractivity contribution in [2.45, 2.75) is 51.5 Å². The summed E-state index contributed by atoms with van der Waals surface area (Å²) in [6.45, 7) is 8.26. The highest BCUT2D eigenvalue weighted by molar-refractivity contribution is 5.30. The molecule has 0 aromatic carbocycles. The molecule has 1 spiro atoms. The molecule has 1 aliphatic carbocycles. The van der Waals surface area contributed by atoms with Crippen LogP contribution < -0.4 is 5.32 Å². The van der Waals surface area contributed by atoms with Crippen LogP contribution in [0.15, 0.2) is 28.2 Å². The smallest absolute Gasteiger partial charge is 0.191 e. The third kappa shape index (κ3) is 5.18. The van der Waals surface area contributed by atoms with Gasteiger partial charge in [-0.1, -0.05) is 18.2 Å². The molecule has 1 unspecified atom stereocenters. The molecule has 1 aromatic rings. The van der Waals surface area contributed by atoms with Crippen LogP contribution in [0.25, 0.3) is 0 Å². The molecule has 6 heteroatoms. The zero-order chi connectivity index (χ0) is 20.1. The van der Waals surface area contributed by atoms with Crippen LogP contribution in [-0.2, 0) is 16.0 Å². The van der Waals surface area contributed by atoms with E-state index in [1.807, 2.05) is 6.92 Å². The van der Waals surface area contributed by atoms with E-state index in [1.54, 1.807) is 7.11 Å². The van der Waals surface area contributed by atoms with Gasteiger partial charge in [0.25, 0.3) is 0 Å². The second-order valence-electron chi connectivity index (χ2n) is 8.88. The molecular weight excluding hydrogens is 366 g/mol. The second-order valence-corrected chi connectivity index (χ2v) is 8.88. The number of allylic oxidation sites excluding steroid dienone is 3. The number of nitrogens with zero attached hydrogens (tertiary/aromatic N) is 2. The topological polar surface area (TPSA) is 59.8 Å². The molecule has 3 aliphatic rings. The number of aromatic nitrogens is 1. The van der Waals surface area contributed by atoms with Gasteiger partial charge < -0.3 is 19.2 Å². The highest BCUT2D eigenvalue weighted by atomic mass is 16.5. The molecule has 2 aliphatic heterocycles. The van der Waals surface area contributed by atoms with Gasteiger partial charge in [-0.2, -0.15) is 0 Å². The van der Waals surface area contributed by atoms with Crippen molar-refractivity contribution in [3.8, 4) is 0 Å². The molecule has 1 atom stereocenters. The predicted molar refractivity (Wildman–Crippen MR) is 113 cm³/mol.